The monoisotopic (exact) mass is 590 g/mol. The molecule has 4 aliphatic rings. The molecular weight excluding hydrogens is 563 g/mol. The van der Waals surface area contributed by atoms with Crippen LogP contribution in [0.3, 0.4) is 0 Å². The highest BCUT2D eigenvalue weighted by Gasteiger charge is 2.73. The number of carbonyl (C=O) groups is 4. The number of likely N-dealkylation sites (tertiary alicyclic amines) is 1. The van der Waals surface area contributed by atoms with Crippen molar-refractivity contribution < 1.29 is 23.9 Å². The SMILES string of the molecule is CCCCOC(=O)c1ccc(NC(=O)[C@H](C)N2C(=O)[C@H]3[C@H](C2=O)C2(Cl)c4ccccc4C3(Cl)c3ccccc32)cc1. The van der Waals surface area contributed by atoms with Crippen LogP contribution < -0.4 is 5.32 Å². The Morgan fingerprint density at radius 3 is 1.76 bits per heavy atom. The van der Waals surface area contributed by atoms with Crippen molar-refractivity contribution >= 4 is 52.6 Å². The van der Waals surface area contributed by atoms with Gasteiger partial charge in [-0.1, -0.05) is 61.9 Å². The maximum absolute atomic E-state index is 14.1. The predicted molar refractivity (Wildman–Crippen MR) is 155 cm³/mol. The standard InChI is InChI=1S/C32H28Cl2N2O5/c1-3-4-17-41-30(40)19-13-15-20(16-14-19)35-27(37)18(2)36-28(38)25-26(29(36)39)32(34)22-10-6-5-9-21(22)31(25,33)23-11-7-8-12-24(23)32/h5-16,18,25-26H,3-4,17H2,1-2H3,(H,35,37)/t18-,25+,26+,31?,32?/m0/s1. The minimum Gasteiger partial charge on any atom is -0.462 e. The van der Waals surface area contributed by atoms with Crippen LogP contribution in [0.4, 0.5) is 5.69 Å². The number of benzene rings is 3. The summed E-state index contributed by atoms with van der Waals surface area (Å²) in [5, 5.41) is 2.75. The molecule has 3 atom stereocenters. The molecule has 41 heavy (non-hydrogen) atoms. The lowest BCUT2D eigenvalue weighted by Crippen LogP contribution is -2.57. The smallest absolute Gasteiger partial charge is 0.338 e. The Bertz CT molecular complexity index is 1470. The van der Waals surface area contributed by atoms with E-state index in [4.69, 9.17) is 27.9 Å². The van der Waals surface area contributed by atoms with Crippen LogP contribution in [0.1, 0.15) is 59.3 Å². The molecule has 3 aromatic carbocycles. The number of nitrogens with one attached hydrogen (secondary N) is 1. The minimum atomic E-state index is -1.31. The summed E-state index contributed by atoms with van der Waals surface area (Å²) in [6.07, 6.45) is 1.69. The van der Waals surface area contributed by atoms with Crippen molar-refractivity contribution in [2.75, 3.05) is 11.9 Å². The number of halogens is 2. The van der Waals surface area contributed by atoms with Gasteiger partial charge in [0.2, 0.25) is 17.7 Å². The second kappa shape index (κ2) is 10.00. The van der Waals surface area contributed by atoms with Crippen molar-refractivity contribution in [1.82, 2.24) is 4.90 Å². The van der Waals surface area contributed by atoms with E-state index in [0.717, 1.165) is 17.7 Å². The van der Waals surface area contributed by atoms with E-state index in [2.05, 4.69) is 5.32 Å². The van der Waals surface area contributed by atoms with Crippen LogP contribution in [0.2, 0.25) is 0 Å². The fourth-order valence-corrected chi connectivity index (χ4v) is 7.61. The summed E-state index contributed by atoms with van der Waals surface area (Å²) in [6, 6.07) is 19.9. The van der Waals surface area contributed by atoms with Gasteiger partial charge < -0.3 is 10.1 Å². The summed E-state index contributed by atoms with van der Waals surface area (Å²) >= 11 is 14.9. The minimum absolute atomic E-state index is 0.342. The predicted octanol–water partition coefficient (Wildman–Crippen LogP) is 5.56. The molecule has 0 aromatic heterocycles. The summed E-state index contributed by atoms with van der Waals surface area (Å²) in [7, 11) is 0. The van der Waals surface area contributed by atoms with E-state index >= 15 is 0 Å². The van der Waals surface area contributed by atoms with E-state index in [1.807, 2.05) is 55.5 Å². The first-order chi connectivity index (χ1) is 19.6. The topological polar surface area (TPSA) is 92.8 Å². The van der Waals surface area contributed by atoms with Gasteiger partial charge in [0.05, 0.1) is 24.0 Å². The van der Waals surface area contributed by atoms with Crippen LogP contribution in [-0.2, 0) is 28.9 Å². The third-order valence-corrected chi connectivity index (χ3v) is 9.79. The molecule has 1 N–H and O–H groups in total. The van der Waals surface area contributed by atoms with Crippen LogP contribution in [0.5, 0.6) is 0 Å². The first-order valence-electron chi connectivity index (χ1n) is 13.7. The van der Waals surface area contributed by atoms with Gasteiger partial charge in [-0.25, -0.2) is 4.79 Å². The molecule has 1 fully saturated rings. The Kier molecular flexibility index (Phi) is 6.70. The molecule has 1 heterocycles. The maximum Gasteiger partial charge on any atom is 0.338 e. The average Bonchev–Trinajstić information content (AvgIpc) is 3.26. The summed E-state index contributed by atoms with van der Waals surface area (Å²) in [6.45, 7) is 3.85. The van der Waals surface area contributed by atoms with Crippen LogP contribution in [0.15, 0.2) is 72.8 Å². The Morgan fingerprint density at radius 1 is 0.854 bits per heavy atom. The molecule has 210 valence electrons. The fourth-order valence-electron chi connectivity index (χ4n) is 6.52. The number of ether oxygens (including phenoxy) is 1. The fraction of sp³-hybridized carbons (Fsp3) is 0.312. The summed E-state index contributed by atoms with van der Waals surface area (Å²) < 4.78 is 5.22. The number of nitrogens with zero attached hydrogens (tertiary/aromatic N) is 1. The first-order valence-corrected chi connectivity index (χ1v) is 14.4. The van der Waals surface area contributed by atoms with Gasteiger partial charge in [-0.05, 0) is 59.9 Å². The lowest BCUT2D eigenvalue weighted by molar-refractivity contribution is -0.146. The molecule has 1 aliphatic heterocycles. The highest BCUT2D eigenvalue weighted by Crippen LogP contribution is 2.69. The molecule has 7 rings (SSSR count). The van der Waals surface area contributed by atoms with Crippen molar-refractivity contribution in [3.63, 3.8) is 0 Å². The normalized spacial score (nSPS) is 26.2. The van der Waals surface area contributed by atoms with E-state index in [0.29, 0.717) is 40.1 Å². The molecule has 9 heteroatoms. The molecule has 7 nitrogen and oxygen atoms in total. The Balaban J connectivity index is 1.28. The van der Waals surface area contributed by atoms with E-state index in [9.17, 15) is 19.2 Å². The molecule has 1 saturated heterocycles. The zero-order valence-corrected chi connectivity index (χ0v) is 24.0. The van der Waals surface area contributed by atoms with Crippen LogP contribution in [0.25, 0.3) is 0 Å². The van der Waals surface area contributed by atoms with Crippen molar-refractivity contribution in [3.8, 4) is 0 Å². The van der Waals surface area contributed by atoms with Crippen molar-refractivity contribution in [2.24, 2.45) is 11.8 Å². The van der Waals surface area contributed by atoms with Gasteiger partial charge in [0.1, 0.15) is 15.8 Å². The summed E-state index contributed by atoms with van der Waals surface area (Å²) in [4.78, 5) is 52.1. The summed E-state index contributed by atoms with van der Waals surface area (Å²) in [5.74, 6) is -4.02. The number of anilines is 1. The molecule has 3 amide bonds. The van der Waals surface area contributed by atoms with E-state index in [1.54, 1.807) is 24.3 Å². The number of imide groups is 1. The highest BCUT2D eigenvalue weighted by atomic mass is 35.5. The number of hydrogen-bond donors (Lipinski definition) is 1. The van der Waals surface area contributed by atoms with Crippen molar-refractivity contribution in [2.45, 2.75) is 42.5 Å². The molecule has 0 unspecified atom stereocenters. The van der Waals surface area contributed by atoms with Gasteiger partial charge in [-0.3, -0.25) is 19.3 Å². The number of unbranched alkanes of at least 4 members (excludes halogenated alkanes) is 1. The molecular formula is C32H28Cl2N2O5. The lowest BCUT2D eigenvalue weighted by atomic mass is 9.54. The number of carbonyl (C=O) groups excluding carboxylic acids is 4. The zero-order valence-electron chi connectivity index (χ0n) is 22.5. The van der Waals surface area contributed by atoms with Crippen LogP contribution >= 0.6 is 23.2 Å². The van der Waals surface area contributed by atoms with Crippen LogP contribution in [-0.4, -0.2) is 41.2 Å². The van der Waals surface area contributed by atoms with Gasteiger partial charge in [0.15, 0.2) is 0 Å². The van der Waals surface area contributed by atoms with E-state index < -0.39 is 51.3 Å². The lowest BCUT2D eigenvalue weighted by Gasteiger charge is -2.54. The number of amides is 3. The molecule has 0 spiro atoms. The van der Waals surface area contributed by atoms with Crippen LogP contribution in [0, 0.1) is 11.8 Å². The van der Waals surface area contributed by atoms with E-state index in [1.165, 1.54) is 6.92 Å². The Morgan fingerprint density at radius 2 is 1.32 bits per heavy atom. The Labute approximate surface area is 247 Å². The van der Waals surface area contributed by atoms with Crippen molar-refractivity contribution in [1.29, 1.82) is 0 Å². The molecule has 3 aliphatic carbocycles. The van der Waals surface area contributed by atoms with Gasteiger partial charge >= 0.3 is 5.97 Å². The Hall–Kier alpha value is -3.68. The third-order valence-electron chi connectivity index (χ3n) is 8.51. The third kappa shape index (κ3) is 3.86. The maximum atomic E-state index is 14.1. The molecule has 3 aromatic rings. The van der Waals surface area contributed by atoms with Gasteiger partial charge in [0.25, 0.3) is 0 Å². The highest BCUT2D eigenvalue weighted by molar-refractivity contribution is 6.36. The summed E-state index contributed by atoms with van der Waals surface area (Å²) in [5.41, 5.74) is 3.56. The number of esters is 1. The van der Waals surface area contributed by atoms with Gasteiger partial charge in [-0.2, -0.15) is 0 Å². The van der Waals surface area contributed by atoms with Crippen molar-refractivity contribution in [3.05, 3.63) is 101 Å². The second-order valence-electron chi connectivity index (χ2n) is 10.7. The van der Waals surface area contributed by atoms with Gasteiger partial charge in [0, 0.05) is 5.69 Å². The average molecular weight is 591 g/mol. The number of alkyl halides is 2. The zero-order chi connectivity index (χ0) is 29.1. The number of hydrogen-bond acceptors (Lipinski definition) is 5. The van der Waals surface area contributed by atoms with Gasteiger partial charge in [-0.15, -0.1) is 23.2 Å². The first kappa shape index (κ1) is 27.5. The molecule has 0 saturated carbocycles. The molecule has 2 bridgehead atoms. The number of rotatable bonds is 7. The van der Waals surface area contributed by atoms with E-state index in [-0.39, 0.29) is 0 Å². The largest absolute Gasteiger partial charge is 0.462 e. The quantitative estimate of drug-likeness (QED) is 0.168. The molecule has 0 radical (unpaired) electrons. The second-order valence-corrected chi connectivity index (χ2v) is 11.9.